The van der Waals surface area contributed by atoms with E-state index in [0.717, 1.165) is 14.8 Å². The van der Waals surface area contributed by atoms with Crippen LogP contribution in [0.1, 0.15) is 4.88 Å². The summed E-state index contributed by atoms with van der Waals surface area (Å²) >= 11 is 7.24. The van der Waals surface area contributed by atoms with E-state index in [4.69, 9.17) is 11.6 Å². The third-order valence-corrected chi connectivity index (χ3v) is 2.50. The Bertz CT molecular complexity index is 316. The van der Waals surface area contributed by atoms with Gasteiger partial charge in [0.25, 0.3) is 0 Å². The van der Waals surface area contributed by atoms with Gasteiger partial charge in [-0.3, -0.25) is 0 Å². The number of halogens is 1. The first-order valence-electron chi connectivity index (χ1n) is 3.06. The quantitative estimate of drug-likeness (QED) is 0.483. The van der Waals surface area contributed by atoms with Crippen LogP contribution in [-0.2, 0) is 0 Å². The van der Waals surface area contributed by atoms with Crippen molar-refractivity contribution in [2.75, 3.05) is 0 Å². The van der Waals surface area contributed by atoms with Crippen LogP contribution in [0, 0.1) is 0 Å². The Morgan fingerprint density at radius 1 is 1.64 bits per heavy atom. The highest BCUT2D eigenvalue weighted by molar-refractivity contribution is 7.17. The third kappa shape index (κ3) is 1.84. The maximum Gasteiger partial charge on any atom is 0.0935 e. The molecule has 0 aliphatic heterocycles. The Hall–Kier alpha value is -0.750. The first-order valence-corrected chi connectivity index (χ1v) is 4.25. The van der Waals surface area contributed by atoms with Gasteiger partial charge in [0.05, 0.1) is 4.34 Å². The molecule has 1 aromatic heterocycles. The summed E-state index contributed by atoms with van der Waals surface area (Å²) in [6.07, 6.45) is 1.72. The van der Waals surface area contributed by atoms with E-state index in [-0.39, 0.29) is 0 Å². The Morgan fingerprint density at radius 2 is 2.36 bits per heavy atom. The standard InChI is InChI=1S/C9H7ClS/c1-3-7(4-2)8-5-6-9(10)11-8/h3,5-6H,1-2H2. The second kappa shape index (κ2) is 3.59. The molecule has 1 rings (SSSR count). The molecule has 0 N–H and O–H groups in total. The lowest BCUT2D eigenvalue weighted by Crippen LogP contribution is -1.66. The van der Waals surface area contributed by atoms with Crippen molar-refractivity contribution in [1.29, 1.82) is 0 Å². The van der Waals surface area contributed by atoms with Crippen molar-refractivity contribution in [3.63, 3.8) is 0 Å². The molecule has 0 aromatic carbocycles. The normalized spacial score (nSPS) is 8.82. The van der Waals surface area contributed by atoms with Crippen molar-refractivity contribution >= 4 is 28.5 Å². The zero-order valence-electron chi connectivity index (χ0n) is 5.93. The van der Waals surface area contributed by atoms with Gasteiger partial charge in [0.15, 0.2) is 0 Å². The molecule has 0 nitrogen and oxygen atoms in total. The van der Waals surface area contributed by atoms with Gasteiger partial charge in [-0.1, -0.05) is 30.8 Å². The van der Waals surface area contributed by atoms with Crippen LogP contribution in [0.25, 0.3) is 5.57 Å². The smallest absolute Gasteiger partial charge is 0.0935 e. The lowest BCUT2D eigenvalue weighted by molar-refractivity contribution is 1.88. The topological polar surface area (TPSA) is 0 Å². The van der Waals surface area contributed by atoms with Crippen molar-refractivity contribution in [2.45, 2.75) is 0 Å². The fourth-order valence-corrected chi connectivity index (χ4v) is 1.78. The number of hydrogen-bond donors (Lipinski definition) is 0. The largest absolute Gasteiger partial charge is 0.123 e. The summed E-state index contributed by atoms with van der Waals surface area (Å²) in [5, 5.41) is 0. The average Bonchev–Trinajstić information content (AvgIpc) is 2.39. The minimum Gasteiger partial charge on any atom is -0.123 e. The fraction of sp³-hybridized carbons (Fsp3) is 0. The SMILES string of the molecule is C=C=C(C=C)c1ccc(Cl)s1. The second-order valence-electron chi connectivity index (χ2n) is 1.90. The van der Waals surface area contributed by atoms with Crippen LogP contribution in [0.4, 0.5) is 0 Å². The molecule has 0 aliphatic rings. The van der Waals surface area contributed by atoms with Crippen molar-refractivity contribution in [2.24, 2.45) is 0 Å². The average molecular weight is 183 g/mol. The van der Waals surface area contributed by atoms with Gasteiger partial charge in [0.1, 0.15) is 0 Å². The number of rotatable bonds is 2. The molecule has 0 bridgehead atoms. The van der Waals surface area contributed by atoms with E-state index in [1.807, 2.05) is 12.1 Å². The highest BCUT2D eigenvalue weighted by Crippen LogP contribution is 2.27. The summed E-state index contributed by atoms with van der Waals surface area (Å²) in [4.78, 5) is 1.06. The van der Waals surface area contributed by atoms with Gasteiger partial charge in [-0.05, 0) is 12.1 Å². The molecule has 0 saturated carbocycles. The van der Waals surface area contributed by atoms with E-state index >= 15 is 0 Å². The Labute approximate surface area is 75.1 Å². The molecule has 0 unspecified atom stereocenters. The van der Waals surface area contributed by atoms with Crippen LogP contribution in [0.2, 0.25) is 4.34 Å². The van der Waals surface area contributed by atoms with Crippen molar-refractivity contribution < 1.29 is 0 Å². The molecule has 0 amide bonds. The van der Waals surface area contributed by atoms with Gasteiger partial charge in [0.2, 0.25) is 0 Å². The minimum absolute atomic E-state index is 0.773. The molecular weight excluding hydrogens is 176 g/mol. The number of thiophene rings is 1. The highest BCUT2D eigenvalue weighted by Gasteiger charge is 1.99. The molecule has 1 heterocycles. The van der Waals surface area contributed by atoms with Crippen molar-refractivity contribution in [3.8, 4) is 0 Å². The number of hydrogen-bond acceptors (Lipinski definition) is 1. The molecule has 11 heavy (non-hydrogen) atoms. The molecule has 0 spiro atoms. The zero-order valence-corrected chi connectivity index (χ0v) is 7.50. The van der Waals surface area contributed by atoms with E-state index < -0.39 is 0 Å². The molecule has 0 radical (unpaired) electrons. The molecular formula is C9H7ClS. The van der Waals surface area contributed by atoms with E-state index in [1.165, 1.54) is 11.3 Å². The molecule has 1 aromatic rings. The monoisotopic (exact) mass is 182 g/mol. The Balaban J connectivity index is 3.10. The van der Waals surface area contributed by atoms with Crippen LogP contribution in [0.3, 0.4) is 0 Å². The summed E-state index contributed by atoms with van der Waals surface area (Å²) in [6, 6.07) is 3.78. The molecule has 0 saturated heterocycles. The summed E-state index contributed by atoms with van der Waals surface area (Å²) in [7, 11) is 0. The third-order valence-electron chi connectivity index (χ3n) is 1.23. The van der Waals surface area contributed by atoms with E-state index in [1.54, 1.807) is 6.08 Å². The first kappa shape index (κ1) is 8.35. The molecule has 0 atom stereocenters. The van der Waals surface area contributed by atoms with Gasteiger partial charge >= 0.3 is 0 Å². The van der Waals surface area contributed by atoms with Gasteiger partial charge in [0, 0.05) is 10.5 Å². The minimum atomic E-state index is 0.773. The Kier molecular flexibility index (Phi) is 2.72. The van der Waals surface area contributed by atoms with Crippen LogP contribution in [-0.4, -0.2) is 0 Å². The van der Waals surface area contributed by atoms with Crippen molar-refractivity contribution in [3.05, 3.63) is 46.3 Å². The van der Waals surface area contributed by atoms with E-state index in [0.29, 0.717) is 0 Å². The first-order chi connectivity index (χ1) is 5.27. The molecule has 0 fully saturated rings. The van der Waals surface area contributed by atoms with Crippen LogP contribution in [0.15, 0.2) is 37.1 Å². The number of allylic oxidation sites excluding steroid dienone is 2. The van der Waals surface area contributed by atoms with Crippen LogP contribution >= 0.6 is 22.9 Å². The second-order valence-corrected chi connectivity index (χ2v) is 3.61. The molecule has 0 aliphatic carbocycles. The lowest BCUT2D eigenvalue weighted by Gasteiger charge is -1.89. The predicted octanol–water partition coefficient (Wildman–Crippen LogP) is 3.76. The van der Waals surface area contributed by atoms with Gasteiger partial charge in [-0.15, -0.1) is 17.1 Å². The summed E-state index contributed by atoms with van der Waals surface area (Å²) in [6.45, 7) is 7.19. The highest BCUT2D eigenvalue weighted by atomic mass is 35.5. The summed E-state index contributed by atoms with van der Waals surface area (Å²) in [5.74, 6) is 0. The van der Waals surface area contributed by atoms with Gasteiger partial charge in [-0.25, -0.2) is 0 Å². The van der Waals surface area contributed by atoms with Crippen molar-refractivity contribution in [1.82, 2.24) is 0 Å². The summed E-state index contributed by atoms with van der Waals surface area (Å²) < 4.78 is 0.773. The maximum absolute atomic E-state index is 5.74. The zero-order chi connectivity index (χ0) is 8.27. The maximum atomic E-state index is 5.74. The van der Waals surface area contributed by atoms with E-state index in [2.05, 4.69) is 18.9 Å². The lowest BCUT2D eigenvalue weighted by atomic mass is 10.2. The Morgan fingerprint density at radius 3 is 2.73 bits per heavy atom. The van der Waals surface area contributed by atoms with E-state index in [9.17, 15) is 0 Å². The summed E-state index contributed by atoms with van der Waals surface area (Å²) in [5.41, 5.74) is 3.69. The predicted molar refractivity (Wildman–Crippen MR) is 52.1 cm³/mol. The van der Waals surface area contributed by atoms with Gasteiger partial charge < -0.3 is 0 Å². The molecule has 56 valence electrons. The van der Waals surface area contributed by atoms with Gasteiger partial charge in [-0.2, -0.15) is 0 Å². The molecule has 2 heteroatoms. The van der Waals surface area contributed by atoms with Crippen LogP contribution < -0.4 is 0 Å². The fourth-order valence-electron chi connectivity index (χ4n) is 0.719. The van der Waals surface area contributed by atoms with Crippen LogP contribution in [0.5, 0.6) is 0 Å².